The maximum absolute atomic E-state index is 12.9. The standard InChI is InChI=1S/C27H26N2O4/c1-3-14-29-25-16-22(33-18-26(30)28-20-10-7-11-21(15-20)32-2)12-13-23(25)24(17-27(29)31)19-8-5-4-6-9-19/h4-13,15-17H,3,14,18H2,1-2H3,(H,28,30). The number of carbonyl (C=O) groups excluding carboxylic acids is 1. The highest BCUT2D eigenvalue weighted by atomic mass is 16.5. The van der Waals surface area contributed by atoms with Crippen LogP contribution in [0.2, 0.25) is 0 Å². The minimum absolute atomic E-state index is 0.0591. The minimum Gasteiger partial charge on any atom is -0.497 e. The molecule has 0 saturated carbocycles. The Bertz CT molecular complexity index is 1330. The zero-order chi connectivity index (χ0) is 23.2. The van der Waals surface area contributed by atoms with E-state index in [-0.39, 0.29) is 18.1 Å². The largest absolute Gasteiger partial charge is 0.497 e. The van der Waals surface area contributed by atoms with Gasteiger partial charge in [-0.1, -0.05) is 43.3 Å². The first-order valence-corrected chi connectivity index (χ1v) is 10.9. The SMILES string of the molecule is CCCn1c(=O)cc(-c2ccccc2)c2ccc(OCC(=O)Nc3cccc(OC)c3)cc21. The fraction of sp³-hybridized carbons (Fsp3) is 0.185. The molecule has 0 fully saturated rings. The average Bonchev–Trinajstić information content (AvgIpc) is 2.85. The molecule has 0 radical (unpaired) electrons. The number of amides is 1. The van der Waals surface area contributed by atoms with Crippen molar-refractivity contribution in [2.75, 3.05) is 19.0 Å². The number of nitrogens with one attached hydrogen (secondary N) is 1. The van der Waals surface area contributed by atoms with Crippen molar-refractivity contribution >= 4 is 22.5 Å². The van der Waals surface area contributed by atoms with Crippen molar-refractivity contribution in [3.8, 4) is 22.6 Å². The fourth-order valence-electron chi connectivity index (χ4n) is 3.81. The van der Waals surface area contributed by atoms with Gasteiger partial charge in [-0.25, -0.2) is 0 Å². The van der Waals surface area contributed by atoms with E-state index in [0.717, 1.165) is 28.5 Å². The molecule has 0 saturated heterocycles. The van der Waals surface area contributed by atoms with Crippen LogP contribution in [0, 0.1) is 0 Å². The number of aryl methyl sites for hydroxylation is 1. The monoisotopic (exact) mass is 442 g/mol. The highest BCUT2D eigenvalue weighted by Crippen LogP contribution is 2.30. The lowest BCUT2D eigenvalue weighted by Crippen LogP contribution is -2.21. The summed E-state index contributed by atoms with van der Waals surface area (Å²) in [5.74, 6) is 0.899. The quantitative estimate of drug-likeness (QED) is 0.412. The number of pyridine rings is 1. The normalized spacial score (nSPS) is 10.7. The van der Waals surface area contributed by atoms with Crippen molar-refractivity contribution in [3.63, 3.8) is 0 Å². The maximum atomic E-state index is 12.9. The third kappa shape index (κ3) is 5.06. The summed E-state index contributed by atoms with van der Waals surface area (Å²) in [4.78, 5) is 25.3. The van der Waals surface area contributed by atoms with E-state index in [0.29, 0.717) is 23.7 Å². The number of hydrogen-bond acceptors (Lipinski definition) is 4. The molecular weight excluding hydrogens is 416 g/mol. The molecule has 1 amide bonds. The van der Waals surface area contributed by atoms with E-state index in [1.165, 1.54) is 0 Å². The summed E-state index contributed by atoms with van der Waals surface area (Å²) in [6, 6.07) is 24.3. The van der Waals surface area contributed by atoms with Gasteiger partial charge in [0.15, 0.2) is 6.61 Å². The topological polar surface area (TPSA) is 69.6 Å². The van der Waals surface area contributed by atoms with Crippen LogP contribution in [0.3, 0.4) is 0 Å². The molecule has 4 rings (SSSR count). The molecular formula is C27H26N2O4. The van der Waals surface area contributed by atoms with Gasteiger partial charge in [-0.2, -0.15) is 0 Å². The number of anilines is 1. The molecule has 0 bridgehead atoms. The van der Waals surface area contributed by atoms with Crippen molar-refractivity contribution in [1.29, 1.82) is 0 Å². The summed E-state index contributed by atoms with van der Waals surface area (Å²) < 4.78 is 12.7. The molecule has 0 spiro atoms. The van der Waals surface area contributed by atoms with Gasteiger partial charge in [0.05, 0.1) is 12.6 Å². The summed E-state index contributed by atoms with van der Waals surface area (Å²) in [5, 5.41) is 3.76. The molecule has 1 heterocycles. The Morgan fingerprint density at radius 3 is 2.52 bits per heavy atom. The molecule has 1 N–H and O–H groups in total. The maximum Gasteiger partial charge on any atom is 0.262 e. The summed E-state index contributed by atoms with van der Waals surface area (Å²) in [5.41, 5.74) is 3.22. The fourth-order valence-corrected chi connectivity index (χ4v) is 3.81. The van der Waals surface area contributed by atoms with E-state index >= 15 is 0 Å². The predicted molar refractivity (Wildman–Crippen MR) is 131 cm³/mol. The number of fused-ring (bicyclic) bond motifs is 1. The van der Waals surface area contributed by atoms with Gasteiger partial charge in [-0.05, 0) is 41.8 Å². The van der Waals surface area contributed by atoms with Gasteiger partial charge >= 0.3 is 0 Å². The van der Waals surface area contributed by atoms with Gasteiger partial charge in [-0.15, -0.1) is 0 Å². The molecule has 6 heteroatoms. The first-order valence-electron chi connectivity index (χ1n) is 10.9. The van der Waals surface area contributed by atoms with Gasteiger partial charge in [0.1, 0.15) is 11.5 Å². The molecule has 0 aliphatic heterocycles. The summed E-state index contributed by atoms with van der Waals surface area (Å²) in [7, 11) is 1.57. The van der Waals surface area contributed by atoms with E-state index in [2.05, 4.69) is 5.32 Å². The number of rotatable bonds is 8. The minimum atomic E-state index is -0.285. The predicted octanol–water partition coefficient (Wildman–Crippen LogP) is 5.10. The average molecular weight is 443 g/mol. The van der Waals surface area contributed by atoms with E-state index in [9.17, 15) is 9.59 Å². The molecule has 4 aromatic rings. The van der Waals surface area contributed by atoms with Crippen LogP contribution in [0.1, 0.15) is 13.3 Å². The zero-order valence-electron chi connectivity index (χ0n) is 18.7. The van der Waals surface area contributed by atoms with E-state index in [4.69, 9.17) is 9.47 Å². The number of ether oxygens (including phenoxy) is 2. The van der Waals surface area contributed by atoms with Crippen LogP contribution in [0.25, 0.3) is 22.0 Å². The van der Waals surface area contributed by atoms with Crippen LogP contribution < -0.4 is 20.3 Å². The molecule has 33 heavy (non-hydrogen) atoms. The Morgan fingerprint density at radius 2 is 1.76 bits per heavy atom. The Kier molecular flexibility index (Phi) is 6.74. The lowest BCUT2D eigenvalue weighted by atomic mass is 10.0. The van der Waals surface area contributed by atoms with Crippen molar-refractivity contribution in [2.45, 2.75) is 19.9 Å². The second kappa shape index (κ2) is 10.0. The second-order valence-electron chi connectivity index (χ2n) is 7.66. The number of hydrogen-bond donors (Lipinski definition) is 1. The molecule has 0 aliphatic carbocycles. The molecule has 168 valence electrons. The highest BCUT2D eigenvalue weighted by molar-refractivity contribution is 5.95. The third-order valence-electron chi connectivity index (χ3n) is 5.34. The first-order chi connectivity index (χ1) is 16.1. The van der Waals surface area contributed by atoms with Crippen LogP contribution >= 0.6 is 0 Å². The van der Waals surface area contributed by atoms with E-state index in [1.54, 1.807) is 42.0 Å². The second-order valence-corrected chi connectivity index (χ2v) is 7.66. The number of aromatic nitrogens is 1. The Labute approximate surface area is 192 Å². The number of carbonyl (C=O) groups is 1. The van der Waals surface area contributed by atoms with Gasteiger partial charge in [0.25, 0.3) is 11.5 Å². The summed E-state index contributed by atoms with van der Waals surface area (Å²) in [6.07, 6.45) is 0.827. The van der Waals surface area contributed by atoms with E-state index < -0.39 is 0 Å². The molecule has 6 nitrogen and oxygen atoms in total. The highest BCUT2D eigenvalue weighted by Gasteiger charge is 2.12. The number of benzene rings is 3. The molecule has 0 aliphatic rings. The van der Waals surface area contributed by atoms with Crippen molar-refractivity contribution in [1.82, 2.24) is 4.57 Å². The van der Waals surface area contributed by atoms with Crippen LogP contribution in [-0.2, 0) is 11.3 Å². The lowest BCUT2D eigenvalue weighted by molar-refractivity contribution is -0.118. The Balaban J connectivity index is 1.60. The van der Waals surface area contributed by atoms with Crippen LogP contribution in [-0.4, -0.2) is 24.2 Å². The molecule has 0 unspecified atom stereocenters. The van der Waals surface area contributed by atoms with Gasteiger partial charge in [0.2, 0.25) is 0 Å². The van der Waals surface area contributed by atoms with Crippen molar-refractivity contribution < 1.29 is 14.3 Å². The smallest absolute Gasteiger partial charge is 0.262 e. The van der Waals surface area contributed by atoms with Crippen LogP contribution in [0.5, 0.6) is 11.5 Å². The van der Waals surface area contributed by atoms with Crippen LogP contribution in [0.15, 0.2) is 83.7 Å². The lowest BCUT2D eigenvalue weighted by Gasteiger charge is -2.15. The summed E-state index contributed by atoms with van der Waals surface area (Å²) >= 11 is 0. The molecule has 1 aromatic heterocycles. The number of methoxy groups -OCH3 is 1. The van der Waals surface area contributed by atoms with Gasteiger partial charge in [0, 0.05) is 35.8 Å². The summed E-state index contributed by atoms with van der Waals surface area (Å²) in [6.45, 7) is 2.48. The van der Waals surface area contributed by atoms with Gasteiger partial charge < -0.3 is 19.4 Å². The third-order valence-corrected chi connectivity index (χ3v) is 5.34. The first kappa shape index (κ1) is 22.1. The molecule has 0 atom stereocenters. The van der Waals surface area contributed by atoms with Gasteiger partial charge in [-0.3, -0.25) is 9.59 Å². The van der Waals surface area contributed by atoms with Crippen LogP contribution in [0.4, 0.5) is 5.69 Å². The Morgan fingerprint density at radius 1 is 0.939 bits per heavy atom. The zero-order valence-corrected chi connectivity index (χ0v) is 18.7. The van der Waals surface area contributed by atoms with E-state index in [1.807, 2.05) is 55.5 Å². The van der Waals surface area contributed by atoms with Crippen molar-refractivity contribution in [3.05, 3.63) is 89.2 Å². The Hall–Kier alpha value is -4.06. The van der Waals surface area contributed by atoms with Crippen molar-refractivity contribution in [2.24, 2.45) is 0 Å². The number of nitrogens with zero attached hydrogens (tertiary/aromatic N) is 1. The molecule has 3 aromatic carbocycles.